The van der Waals surface area contributed by atoms with Crippen molar-refractivity contribution in [2.24, 2.45) is 0 Å². The van der Waals surface area contributed by atoms with Crippen molar-refractivity contribution in [2.45, 2.75) is 33.2 Å². The fourth-order valence-electron chi connectivity index (χ4n) is 2.95. The predicted octanol–water partition coefficient (Wildman–Crippen LogP) is 4.22. The van der Waals surface area contributed by atoms with Crippen molar-refractivity contribution in [1.29, 1.82) is 0 Å². The zero-order chi connectivity index (χ0) is 20.8. The number of methoxy groups -OCH3 is 2. The quantitative estimate of drug-likeness (QED) is 0.619. The molecule has 3 aromatic rings. The highest BCUT2D eigenvalue weighted by Crippen LogP contribution is 2.27. The molecule has 152 valence electrons. The molecule has 0 fully saturated rings. The van der Waals surface area contributed by atoms with E-state index in [0.29, 0.717) is 42.5 Å². The minimum Gasteiger partial charge on any atom is -0.493 e. The standard InChI is InChI=1S/C23H26N2O4/c1-15-5-7-18(11-16(15)2)21-14-25-23(29-21)10-9-22(26)24-13-17-6-8-19(27-3)20(12-17)28-4/h5-8,11-12,14H,9-10,13H2,1-4H3,(H,24,26). The summed E-state index contributed by atoms with van der Waals surface area (Å²) in [6, 6.07) is 11.7. The van der Waals surface area contributed by atoms with E-state index in [1.165, 1.54) is 11.1 Å². The molecule has 6 heteroatoms. The minimum atomic E-state index is -0.0642. The van der Waals surface area contributed by atoms with Crippen LogP contribution in [-0.4, -0.2) is 25.1 Å². The largest absolute Gasteiger partial charge is 0.493 e. The molecule has 0 saturated heterocycles. The van der Waals surface area contributed by atoms with Crippen molar-refractivity contribution in [1.82, 2.24) is 10.3 Å². The molecule has 1 N–H and O–H groups in total. The number of nitrogens with one attached hydrogen (secondary N) is 1. The highest BCUT2D eigenvalue weighted by atomic mass is 16.5. The number of oxazole rings is 1. The molecule has 0 aliphatic carbocycles. The van der Waals surface area contributed by atoms with Crippen LogP contribution in [0.15, 0.2) is 47.0 Å². The number of hydrogen-bond acceptors (Lipinski definition) is 5. The van der Waals surface area contributed by atoms with Crippen LogP contribution in [0.25, 0.3) is 11.3 Å². The van der Waals surface area contributed by atoms with Crippen molar-refractivity contribution in [2.75, 3.05) is 14.2 Å². The first-order valence-electron chi connectivity index (χ1n) is 9.50. The van der Waals surface area contributed by atoms with E-state index in [-0.39, 0.29) is 5.91 Å². The SMILES string of the molecule is COc1ccc(CNC(=O)CCc2ncc(-c3ccc(C)c(C)c3)o2)cc1OC. The monoisotopic (exact) mass is 394 g/mol. The number of nitrogens with zero attached hydrogens (tertiary/aromatic N) is 1. The van der Waals surface area contributed by atoms with Crippen LogP contribution in [0.5, 0.6) is 11.5 Å². The average molecular weight is 394 g/mol. The third-order valence-electron chi connectivity index (χ3n) is 4.85. The van der Waals surface area contributed by atoms with Gasteiger partial charge in [0.15, 0.2) is 23.1 Å². The molecular formula is C23H26N2O4. The number of amides is 1. The maximum absolute atomic E-state index is 12.2. The average Bonchev–Trinajstić information content (AvgIpc) is 3.21. The van der Waals surface area contributed by atoms with E-state index < -0.39 is 0 Å². The number of rotatable bonds is 8. The molecule has 0 aliphatic heterocycles. The maximum Gasteiger partial charge on any atom is 0.220 e. The maximum atomic E-state index is 12.2. The fourth-order valence-corrected chi connectivity index (χ4v) is 2.95. The minimum absolute atomic E-state index is 0.0642. The Bertz CT molecular complexity index is 994. The van der Waals surface area contributed by atoms with Crippen molar-refractivity contribution in [3.8, 4) is 22.8 Å². The van der Waals surface area contributed by atoms with Crippen LogP contribution < -0.4 is 14.8 Å². The van der Waals surface area contributed by atoms with Crippen LogP contribution in [0.1, 0.15) is 29.0 Å². The predicted molar refractivity (Wildman–Crippen MR) is 111 cm³/mol. The molecule has 1 heterocycles. The summed E-state index contributed by atoms with van der Waals surface area (Å²) in [4.78, 5) is 16.5. The summed E-state index contributed by atoms with van der Waals surface area (Å²) >= 11 is 0. The second-order valence-electron chi connectivity index (χ2n) is 6.88. The molecule has 0 saturated carbocycles. The van der Waals surface area contributed by atoms with E-state index in [1.54, 1.807) is 20.4 Å². The highest BCUT2D eigenvalue weighted by molar-refractivity contribution is 5.76. The molecular weight excluding hydrogens is 368 g/mol. The lowest BCUT2D eigenvalue weighted by atomic mass is 10.1. The van der Waals surface area contributed by atoms with Crippen molar-refractivity contribution >= 4 is 5.91 Å². The second kappa shape index (κ2) is 9.28. The molecule has 6 nitrogen and oxygen atoms in total. The lowest BCUT2D eigenvalue weighted by molar-refractivity contribution is -0.121. The van der Waals surface area contributed by atoms with Gasteiger partial charge in [-0.1, -0.05) is 18.2 Å². The van der Waals surface area contributed by atoms with Crippen LogP contribution in [0.3, 0.4) is 0 Å². The first kappa shape index (κ1) is 20.5. The number of aryl methyl sites for hydroxylation is 3. The number of benzene rings is 2. The molecule has 0 radical (unpaired) electrons. The zero-order valence-electron chi connectivity index (χ0n) is 17.2. The van der Waals surface area contributed by atoms with E-state index >= 15 is 0 Å². The number of hydrogen-bond donors (Lipinski definition) is 1. The normalized spacial score (nSPS) is 10.6. The zero-order valence-corrected chi connectivity index (χ0v) is 17.2. The lowest BCUT2D eigenvalue weighted by Crippen LogP contribution is -2.23. The van der Waals surface area contributed by atoms with Gasteiger partial charge in [0.2, 0.25) is 5.91 Å². The van der Waals surface area contributed by atoms with Crippen molar-refractivity contribution in [3.63, 3.8) is 0 Å². The van der Waals surface area contributed by atoms with Crippen molar-refractivity contribution < 1.29 is 18.7 Å². The third kappa shape index (κ3) is 5.16. The Balaban J connectivity index is 1.52. The third-order valence-corrected chi connectivity index (χ3v) is 4.85. The molecule has 2 aromatic carbocycles. The second-order valence-corrected chi connectivity index (χ2v) is 6.88. The first-order chi connectivity index (χ1) is 14.0. The van der Waals surface area contributed by atoms with Gasteiger partial charge in [-0.3, -0.25) is 4.79 Å². The molecule has 0 spiro atoms. The summed E-state index contributed by atoms with van der Waals surface area (Å²) in [5.41, 5.74) is 4.36. The van der Waals surface area contributed by atoms with Gasteiger partial charge >= 0.3 is 0 Å². The summed E-state index contributed by atoms with van der Waals surface area (Å²) in [5.74, 6) is 2.50. The summed E-state index contributed by atoms with van der Waals surface area (Å²) in [6.45, 7) is 4.56. The number of carbonyl (C=O) groups excluding carboxylic acids is 1. The smallest absolute Gasteiger partial charge is 0.220 e. The van der Waals surface area contributed by atoms with Gasteiger partial charge in [0.1, 0.15) is 0 Å². The molecule has 3 rings (SSSR count). The van der Waals surface area contributed by atoms with Crippen LogP contribution in [0, 0.1) is 13.8 Å². The van der Waals surface area contributed by atoms with Crippen molar-refractivity contribution in [3.05, 3.63) is 65.2 Å². The Morgan fingerprint density at radius 2 is 1.83 bits per heavy atom. The fraction of sp³-hybridized carbons (Fsp3) is 0.304. The van der Waals surface area contributed by atoms with E-state index in [0.717, 1.165) is 11.1 Å². The van der Waals surface area contributed by atoms with Crippen LogP contribution in [0.2, 0.25) is 0 Å². The Hall–Kier alpha value is -3.28. The molecule has 1 amide bonds. The van der Waals surface area contributed by atoms with E-state index in [2.05, 4.69) is 36.3 Å². The number of carbonyl (C=O) groups is 1. The topological polar surface area (TPSA) is 73.6 Å². The van der Waals surface area contributed by atoms with Gasteiger partial charge in [0.25, 0.3) is 0 Å². The van der Waals surface area contributed by atoms with E-state index in [1.807, 2.05) is 24.3 Å². The molecule has 0 aliphatic rings. The first-order valence-corrected chi connectivity index (χ1v) is 9.50. The number of ether oxygens (including phenoxy) is 2. The van der Waals surface area contributed by atoms with Gasteiger partial charge in [-0.25, -0.2) is 4.98 Å². The van der Waals surface area contributed by atoms with Gasteiger partial charge in [-0.2, -0.15) is 0 Å². The van der Waals surface area contributed by atoms with Crippen LogP contribution in [-0.2, 0) is 17.8 Å². The molecule has 1 aromatic heterocycles. The molecule has 0 atom stereocenters. The summed E-state index contributed by atoms with van der Waals surface area (Å²) in [6.07, 6.45) is 2.46. The summed E-state index contributed by atoms with van der Waals surface area (Å²) in [5, 5.41) is 2.91. The molecule has 0 unspecified atom stereocenters. The van der Waals surface area contributed by atoms with E-state index in [4.69, 9.17) is 13.9 Å². The Labute approximate surface area is 170 Å². The number of aromatic nitrogens is 1. The van der Waals surface area contributed by atoms with E-state index in [9.17, 15) is 4.79 Å². The Morgan fingerprint density at radius 1 is 1.03 bits per heavy atom. The lowest BCUT2D eigenvalue weighted by Gasteiger charge is -2.10. The van der Waals surface area contributed by atoms with Gasteiger partial charge in [0.05, 0.1) is 20.4 Å². The van der Waals surface area contributed by atoms with Crippen LogP contribution in [0.4, 0.5) is 0 Å². The molecule has 0 bridgehead atoms. The summed E-state index contributed by atoms with van der Waals surface area (Å²) in [7, 11) is 3.18. The van der Waals surface area contributed by atoms with Gasteiger partial charge in [0, 0.05) is 24.9 Å². The Kier molecular flexibility index (Phi) is 6.54. The van der Waals surface area contributed by atoms with Gasteiger partial charge < -0.3 is 19.2 Å². The highest BCUT2D eigenvalue weighted by Gasteiger charge is 2.10. The van der Waals surface area contributed by atoms with Gasteiger partial charge in [-0.05, 0) is 48.7 Å². The Morgan fingerprint density at radius 3 is 2.55 bits per heavy atom. The van der Waals surface area contributed by atoms with Crippen LogP contribution >= 0.6 is 0 Å². The summed E-state index contributed by atoms with van der Waals surface area (Å²) < 4.78 is 16.3. The van der Waals surface area contributed by atoms with Gasteiger partial charge in [-0.15, -0.1) is 0 Å². The molecule has 29 heavy (non-hydrogen) atoms.